The molecule has 1 atom stereocenters. The summed E-state index contributed by atoms with van der Waals surface area (Å²) in [5, 5.41) is 11.8. The predicted molar refractivity (Wildman–Crippen MR) is 125 cm³/mol. The Labute approximate surface area is 186 Å². The molecule has 6 heteroatoms. The van der Waals surface area contributed by atoms with Crippen LogP contribution >= 0.6 is 22.9 Å². The van der Waals surface area contributed by atoms with Gasteiger partial charge in [0.1, 0.15) is 0 Å². The summed E-state index contributed by atoms with van der Waals surface area (Å²) in [7, 11) is 0. The second-order valence-electron chi connectivity index (χ2n) is 8.99. The number of hydrogen-bond acceptors (Lipinski definition) is 4. The number of aryl methyl sites for hydroxylation is 1. The Hall–Kier alpha value is -1.95. The first-order valence-corrected chi connectivity index (χ1v) is 11.2. The van der Waals surface area contributed by atoms with Gasteiger partial charge >= 0.3 is 5.97 Å². The summed E-state index contributed by atoms with van der Waals surface area (Å²) < 4.78 is 7.01. The van der Waals surface area contributed by atoms with Crippen LogP contribution in [-0.2, 0) is 16.0 Å². The third-order valence-corrected chi connectivity index (χ3v) is 6.01. The third-order valence-electron chi connectivity index (χ3n) is 4.65. The van der Waals surface area contributed by atoms with Gasteiger partial charge in [0.25, 0.3) is 0 Å². The van der Waals surface area contributed by atoms with E-state index in [1.54, 1.807) is 11.3 Å². The molecule has 1 N–H and O–H groups in total. The highest BCUT2D eigenvalue weighted by Gasteiger charge is 2.32. The number of nitrogens with zero attached hydrogens (tertiary/aromatic N) is 1. The Balaban J connectivity index is 2.34. The minimum Gasteiger partial charge on any atom is -0.479 e. The first-order chi connectivity index (χ1) is 14.0. The second kappa shape index (κ2) is 8.66. The van der Waals surface area contributed by atoms with Gasteiger partial charge in [0.2, 0.25) is 0 Å². The molecule has 0 radical (unpaired) electrons. The number of carboxylic acids is 1. The Morgan fingerprint density at radius 2 is 1.87 bits per heavy atom. The van der Waals surface area contributed by atoms with Gasteiger partial charge in [-0.3, -0.25) is 0 Å². The van der Waals surface area contributed by atoms with E-state index in [2.05, 4.69) is 13.8 Å². The second-order valence-corrected chi connectivity index (χ2v) is 10.5. The quantitative estimate of drug-likeness (QED) is 0.441. The van der Waals surface area contributed by atoms with Crippen LogP contribution in [0.3, 0.4) is 0 Å². The van der Waals surface area contributed by atoms with Crippen molar-refractivity contribution in [3.8, 4) is 11.1 Å². The molecule has 1 heterocycles. The summed E-state index contributed by atoms with van der Waals surface area (Å²) in [5.41, 5.74) is 3.58. The fraction of sp³-hybridized carbons (Fsp3) is 0.417. The first-order valence-electron chi connectivity index (χ1n) is 10.1. The highest BCUT2D eigenvalue weighted by Crippen LogP contribution is 2.43. The van der Waals surface area contributed by atoms with E-state index in [1.165, 1.54) is 0 Å². The Morgan fingerprint density at radius 1 is 1.23 bits per heavy atom. The van der Waals surface area contributed by atoms with Gasteiger partial charge < -0.3 is 9.84 Å². The van der Waals surface area contributed by atoms with Crippen LogP contribution in [0.4, 0.5) is 0 Å². The summed E-state index contributed by atoms with van der Waals surface area (Å²) in [5.74, 6) is -0.518. The van der Waals surface area contributed by atoms with Gasteiger partial charge in [-0.2, -0.15) is 0 Å². The maximum atomic E-state index is 12.3. The Bertz CT molecular complexity index is 1060. The summed E-state index contributed by atoms with van der Waals surface area (Å²) in [6, 6.07) is 9.48. The minimum absolute atomic E-state index is 0.487. The van der Waals surface area contributed by atoms with Gasteiger partial charge in [-0.1, -0.05) is 37.6 Å². The SMILES string of the molecule is Cc1cc2nc(CC(C)C)sc2c(-c2ccc(Cl)cc2)c1[C@H](OC(C)(C)C)C(=O)O. The van der Waals surface area contributed by atoms with Crippen molar-refractivity contribution in [1.82, 2.24) is 4.98 Å². The number of aliphatic carboxylic acids is 1. The summed E-state index contributed by atoms with van der Waals surface area (Å²) in [4.78, 5) is 17.1. The monoisotopic (exact) mass is 445 g/mol. The number of carboxylic acid groups (broad SMARTS) is 1. The van der Waals surface area contributed by atoms with Crippen molar-refractivity contribution in [2.24, 2.45) is 5.92 Å². The van der Waals surface area contributed by atoms with Crippen molar-refractivity contribution >= 4 is 39.1 Å². The summed E-state index contributed by atoms with van der Waals surface area (Å²) in [6.45, 7) is 11.9. The molecule has 0 aliphatic carbocycles. The zero-order chi connectivity index (χ0) is 22.2. The number of rotatable bonds is 6. The molecule has 1 aromatic heterocycles. The molecular weight excluding hydrogens is 418 g/mol. The minimum atomic E-state index is -1.09. The molecule has 0 fully saturated rings. The molecule has 2 aromatic carbocycles. The topological polar surface area (TPSA) is 59.4 Å². The largest absolute Gasteiger partial charge is 0.479 e. The summed E-state index contributed by atoms with van der Waals surface area (Å²) in [6.07, 6.45) is -0.204. The molecule has 0 saturated heterocycles. The fourth-order valence-corrected chi connectivity index (χ4v) is 4.98. The number of carbonyl (C=O) groups is 1. The van der Waals surface area contributed by atoms with Crippen LogP contribution in [0.15, 0.2) is 30.3 Å². The molecule has 4 nitrogen and oxygen atoms in total. The van der Waals surface area contributed by atoms with E-state index in [1.807, 2.05) is 58.0 Å². The lowest BCUT2D eigenvalue weighted by atomic mass is 9.91. The highest BCUT2D eigenvalue weighted by molar-refractivity contribution is 7.19. The molecule has 0 spiro atoms. The third kappa shape index (κ3) is 5.02. The Kier molecular flexibility index (Phi) is 6.56. The number of thiazole rings is 1. The van der Waals surface area contributed by atoms with Crippen molar-refractivity contribution in [1.29, 1.82) is 0 Å². The van der Waals surface area contributed by atoms with Crippen molar-refractivity contribution in [3.63, 3.8) is 0 Å². The lowest BCUT2D eigenvalue weighted by Gasteiger charge is -2.28. The first kappa shape index (κ1) is 22.7. The molecular formula is C24H28ClNO3S. The van der Waals surface area contributed by atoms with Crippen LogP contribution in [0.1, 0.15) is 56.9 Å². The number of aromatic nitrogens is 1. The van der Waals surface area contributed by atoms with E-state index in [-0.39, 0.29) is 0 Å². The van der Waals surface area contributed by atoms with E-state index in [0.29, 0.717) is 16.5 Å². The molecule has 0 aliphatic rings. The van der Waals surface area contributed by atoms with Crippen LogP contribution in [0.2, 0.25) is 5.02 Å². The molecule has 0 bridgehead atoms. The normalized spacial score (nSPS) is 13.2. The zero-order valence-electron chi connectivity index (χ0n) is 18.2. The van der Waals surface area contributed by atoms with Gasteiger partial charge in [-0.15, -0.1) is 11.3 Å². The van der Waals surface area contributed by atoms with Gasteiger partial charge in [0.05, 0.1) is 20.8 Å². The van der Waals surface area contributed by atoms with E-state index < -0.39 is 17.7 Å². The number of benzene rings is 2. The highest BCUT2D eigenvalue weighted by atomic mass is 35.5. The van der Waals surface area contributed by atoms with Crippen LogP contribution in [0.25, 0.3) is 21.3 Å². The van der Waals surface area contributed by atoms with Crippen LogP contribution < -0.4 is 0 Å². The zero-order valence-corrected chi connectivity index (χ0v) is 19.8. The van der Waals surface area contributed by atoms with Crippen molar-refractivity contribution in [2.45, 2.75) is 59.7 Å². The van der Waals surface area contributed by atoms with Gasteiger partial charge in [-0.05, 0) is 62.9 Å². The number of fused-ring (bicyclic) bond motifs is 1. The maximum Gasteiger partial charge on any atom is 0.337 e. The molecule has 0 aliphatic heterocycles. The maximum absolute atomic E-state index is 12.3. The van der Waals surface area contributed by atoms with Crippen LogP contribution in [0, 0.1) is 12.8 Å². The van der Waals surface area contributed by atoms with Crippen LogP contribution in [-0.4, -0.2) is 21.7 Å². The molecule has 0 amide bonds. The average molecular weight is 446 g/mol. The van der Waals surface area contributed by atoms with E-state index >= 15 is 0 Å². The lowest BCUT2D eigenvalue weighted by Crippen LogP contribution is -2.28. The van der Waals surface area contributed by atoms with Crippen molar-refractivity contribution < 1.29 is 14.6 Å². The van der Waals surface area contributed by atoms with Crippen molar-refractivity contribution in [2.75, 3.05) is 0 Å². The number of ether oxygens (including phenoxy) is 1. The summed E-state index contributed by atoms with van der Waals surface area (Å²) >= 11 is 7.75. The molecule has 0 saturated carbocycles. The van der Waals surface area contributed by atoms with E-state index in [9.17, 15) is 9.90 Å². The average Bonchev–Trinajstić information content (AvgIpc) is 2.99. The molecule has 0 unspecified atom stereocenters. The van der Waals surface area contributed by atoms with E-state index in [4.69, 9.17) is 21.3 Å². The van der Waals surface area contributed by atoms with Gasteiger partial charge in [0, 0.05) is 22.6 Å². The molecule has 3 rings (SSSR count). The lowest BCUT2D eigenvalue weighted by molar-refractivity contribution is -0.160. The number of halogens is 1. The van der Waals surface area contributed by atoms with Crippen molar-refractivity contribution in [3.05, 3.63) is 51.5 Å². The van der Waals surface area contributed by atoms with Gasteiger partial charge in [0.15, 0.2) is 6.10 Å². The number of hydrogen-bond donors (Lipinski definition) is 1. The fourth-order valence-electron chi connectivity index (χ4n) is 3.52. The molecule has 160 valence electrons. The Morgan fingerprint density at radius 3 is 2.40 bits per heavy atom. The van der Waals surface area contributed by atoms with E-state index in [0.717, 1.165) is 38.3 Å². The standard InChI is InChI=1S/C24H28ClNO3S/c1-13(2)11-18-26-17-12-14(3)19(21(23(27)28)29-24(4,5)6)20(22(17)30-18)15-7-9-16(25)10-8-15/h7-10,12-13,21H,11H2,1-6H3,(H,27,28)/t21-/m0/s1. The van der Waals surface area contributed by atoms with Gasteiger partial charge in [-0.25, -0.2) is 9.78 Å². The van der Waals surface area contributed by atoms with Crippen LogP contribution in [0.5, 0.6) is 0 Å². The smallest absolute Gasteiger partial charge is 0.337 e. The molecule has 30 heavy (non-hydrogen) atoms. The predicted octanol–water partition coefficient (Wildman–Crippen LogP) is 7.06. The molecule has 3 aromatic rings.